The molecule has 0 N–H and O–H groups in total. The van der Waals surface area contributed by atoms with Crippen molar-refractivity contribution in [2.75, 3.05) is 7.11 Å². The van der Waals surface area contributed by atoms with Gasteiger partial charge in [-0.1, -0.05) is 30.3 Å². The maximum absolute atomic E-state index is 5.81. The maximum Gasteiger partial charge on any atom is 0.137 e. The Labute approximate surface area is 71.3 Å². The van der Waals surface area contributed by atoms with Crippen LogP contribution in [0.2, 0.25) is 5.02 Å². The highest BCUT2D eigenvalue weighted by Crippen LogP contribution is 2.24. The standard InChI is InChI=1S/C9H8ClO/c1-3-7-4-5-9(11-2)8(10)6-7/h1,3-6H,2H3. The van der Waals surface area contributed by atoms with E-state index in [1.54, 1.807) is 19.2 Å². The van der Waals surface area contributed by atoms with Crippen LogP contribution >= 0.6 is 11.6 Å². The van der Waals surface area contributed by atoms with E-state index in [4.69, 9.17) is 22.9 Å². The molecular formula is C9H8ClO. The van der Waals surface area contributed by atoms with E-state index in [0.29, 0.717) is 10.8 Å². The molecule has 0 unspecified atom stereocenters. The third-order valence-electron chi connectivity index (χ3n) is 1.37. The molecular weight excluding hydrogens is 160 g/mol. The summed E-state index contributed by atoms with van der Waals surface area (Å²) in [7, 11) is 1.58. The molecule has 0 fully saturated rings. The van der Waals surface area contributed by atoms with E-state index in [1.807, 2.05) is 6.07 Å². The highest BCUT2D eigenvalue weighted by atomic mass is 35.5. The SMILES string of the molecule is [CH]=Cc1ccc(OC)c(Cl)c1. The number of methoxy groups -OCH3 is 1. The van der Waals surface area contributed by atoms with Crippen LogP contribution < -0.4 is 4.74 Å². The lowest BCUT2D eigenvalue weighted by Gasteiger charge is -2.02. The highest BCUT2D eigenvalue weighted by molar-refractivity contribution is 6.32. The fraction of sp³-hybridized carbons (Fsp3) is 0.111. The molecule has 0 aliphatic heterocycles. The third-order valence-corrected chi connectivity index (χ3v) is 1.66. The normalized spacial score (nSPS) is 9.27. The molecule has 0 bridgehead atoms. The average molecular weight is 168 g/mol. The summed E-state index contributed by atoms with van der Waals surface area (Å²) < 4.78 is 4.96. The van der Waals surface area contributed by atoms with Gasteiger partial charge < -0.3 is 4.74 Å². The van der Waals surface area contributed by atoms with Gasteiger partial charge in [-0.15, -0.1) is 0 Å². The zero-order valence-corrected chi connectivity index (χ0v) is 6.93. The molecule has 1 radical (unpaired) electrons. The second-order valence-electron chi connectivity index (χ2n) is 2.06. The Balaban J connectivity index is 3.09. The largest absolute Gasteiger partial charge is 0.495 e. The molecule has 0 amide bonds. The van der Waals surface area contributed by atoms with Crippen molar-refractivity contribution in [1.29, 1.82) is 0 Å². The lowest BCUT2D eigenvalue weighted by molar-refractivity contribution is 0.415. The molecule has 0 aliphatic rings. The summed E-state index contributed by atoms with van der Waals surface area (Å²) in [4.78, 5) is 0. The molecule has 11 heavy (non-hydrogen) atoms. The van der Waals surface area contributed by atoms with Gasteiger partial charge in [-0.3, -0.25) is 0 Å². The number of ether oxygens (including phenoxy) is 1. The summed E-state index contributed by atoms with van der Waals surface area (Å²) in [6.07, 6.45) is 1.49. The molecule has 1 aromatic carbocycles. The van der Waals surface area contributed by atoms with Crippen molar-refractivity contribution in [1.82, 2.24) is 0 Å². The van der Waals surface area contributed by atoms with Gasteiger partial charge in [-0.2, -0.15) is 0 Å². The monoisotopic (exact) mass is 167 g/mol. The zero-order chi connectivity index (χ0) is 8.27. The van der Waals surface area contributed by atoms with Gasteiger partial charge in [0.15, 0.2) is 0 Å². The van der Waals surface area contributed by atoms with Gasteiger partial charge in [-0.25, -0.2) is 0 Å². The van der Waals surface area contributed by atoms with E-state index in [2.05, 4.69) is 0 Å². The van der Waals surface area contributed by atoms with E-state index in [0.717, 1.165) is 5.56 Å². The summed E-state index contributed by atoms with van der Waals surface area (Å²) in [5, 5.41) is 0.576. The number of benzene rings is 1. The summed E-state index contributed by atoms with van der Waals surface area (Å²) >= 11 is 5.81. The van der Waals surface area contributed by atoms with Crippen LogP contribution in [0.3, 0.4) is 0 Å². The van der Waals surface area contributed by atoms with Crippen LogP contribution in [0.5, 0.6) is 5.75 Å². The van der Waals surface area contributed by atoms with Crippen LogP contribution in [-0.2, 0) is 0 Å². The minimum Gasteiger partial charge on any atom is -0.495 e. The van der Waals surface area contributed by atoms with Gasteiger partial charge in [0.25, 0.3) is 0 Å². The van der Waals surface area contributed by atoms with Gasteiger partial charge in [0.05, 0.1) is 12.1 Å². The predicted octanol–water partition coefficient (Wildman–Crippen LogP) is 2.79. The van der Waals surface area contributed by atoms with Crippen molar-refractivity contribution >= 4 is 17.7 Å². The van der Waals surface area contributed by atoms with Gasteiger partial charge in [0, 0.05) is 0 Å². The van der Waals surface area contributed by atoms with E-state index < -0.39 is 0 Å². The number of rotatable bonds is 2. The molecule has 1 aromatic rings. The summed E-state index contributed by atoms with van der Waals surface area (Å²) in [6.45, 7) is 5.29. The molecule has 0 aromatic heterocycles. The molecule has 57 valence electrons. The molecule has 0 spiro atoms. The Morgan fingerprint density at radius 3 is 2.73 bits per heavy atom. The summed E-state index contributed by atoms with van der Waals surface area (Å²) in [6, 6.07) is 5.37. The predicted molar refractivity (Wildman–Crippen MR) is 46.8 cm³/mol. The fourth-order valence-electron chi connectivity index (χ4n) is 0.786. The lowest BCUT2D eigenvalue weighted by atomic mass is 10.2. The van der Waals surface area contributed by atoms with E-state index >= 15 is 0 Å². The Kier molecular flexibility index (Phi) is 2.55. The zero-order valence-electron chi connectivity index (χ0n) is 6.17. The van der Waals surface area contributed by atoms with Crippen molar-refractivity contribution in [3.05, 3.63) is 35.4 Å². The smallest absolute Gasteiger partial charge is 0.137 e. The number of halogens is 1. The third kappa shape index (κ3) is 1.75. The first-order valence-electron chi connectivity index (χ1n) is 3.16. The second kappa shape index (κ2) is 3.44. The molecule has 0 atom stereocenters. The van der Waals surface area contributed by atoms with Crippen LogP contribution in [0, 0.1) is 6.58 Å². The second-order valence-corrected chi connectivity index (χ2v) is 2.47. The molecule has 0 saturated carbocycles. The molecule has 0 saturated heterocycles. The molecule has 0 heterocycles. The number of hydrogen-bond donors (Lipinski definition) is 0. The van der Waals surface area contributed by atoms with E-state index in [1.165, 1.54) is 6.08 Å². The van der Waals surface area contributed by atoms with Crippen LogP contribution in [0.1, 0.15) is 5.56 Å². The van der Waals surface area contributed by atoms with Crippen LogP contribution in [0.4, 0.5) is 0 Å². The van der Waals surface area contributed by atoms with Crippen LogP contribution in [0.15, 0.2) is 18.2 Å². The Hall–Kier alpha value is -0.950. The Morgan fingerprint density at radius 1 is 1.55 bits per heavy atom. The van der Waals surface area contributed by atoms with E-state index in [-0.39, 0.29) is 0 Å². The van der Waals surface area contributed by atoms with Crippen LogP contribution in [-0.4, -0.2) is 7.11 Å². The van der Waals surface area contributed by atoms with Crippen LogP contribution in [0.25, 0.3) is 6.08 Å². The first kappa shape index (κ1) is 8.15. The van der Waals surface area contributed by atoms with E-state index in [9.17, 15) is 0 Å². The summed E-state index contributed by atoms with van der Waals surface area (Å²) in [5.74, 6) is 0.664. The molecule has 0 aliphatic carbocycles. The maximum atomic E-state index is 5.81. The first-order chi connectivity index (χ1) is 5.27. The average Bonchev–Trinajstić information content (AvgIpc) is 2.04. The Bertz CT molecular complexity index is 268. The summed E-state index contributed by atoms with van der Waals surface area (Å²) in [5.41, 5.74) is 0.885. The van der Waals surface area contributed by atoms with Gasteiger partial charge in [0.2, 0.25) is 0 Å². The van der Waals surface area contributed by atoms with Crippen molar-refractivity contribution in [3.8, 4) is 5.75 Å². The van der Waals surface area contributed by atoms with Crippen molar-refractivity contribution in [2.45, 2.75) is 0 Å². The minimum atomic E-state index is 0.576. The fourth-order valence-corrected chi connectivity index (χ4v) is 1.05. The molecule has 1 nitrogen and oxygen atoms in total. The van der Waals surface area contributed by atoms with Gasteiger partial charge in [0.1, 0.15) is 5.75 Å². The van der Waals surface area contributed by atoms with Crippen molar-refractivity contribution in [3.63, 3.8) is 0 Å². The topological polar surface area (TPSA) is 9.23 Å². The minimum absolute atomic E-state index is 0.576. The Morgan fingerprint density at radius 2 is 2.27 bits per heavy atom. The quantitative estimate of drug-likeness (QED) is 0.658. The molecule has 1 rings (SSSR count). The first-order valence-corrected chi connectivity index (χ1v) is 3.54. The van der Waals surface area contributed by atoms with Gasteiger partial charge >= 0.3 is 0 Å². The van der Waals surface area contributed by atoms with Gasteiger partial charge in [-0.05, 0) is 17.7 Å². The van der Waals surface area contributed by atoms with Crippen molar-refractivity contribution < 1.29 is 4.74 Å². The van der Waals surface area contributed by atoms with Crippen molar-refractivity contribution in [2.24, 2.45) is 0 Å². The molecule has 2 heteroatoms. The lowest BCUT2D eigenvalue weighted by Crippen LogP contribution is -1.83. The number of hydrogen-bond acceptors (Lipinski definition) is 1. The highest BCUT2D eigenvalue weighted by Gasteiger charge is 1.98.